The minimum absolute atomic E-state index is 0. The molecule has 0 N–H and O–H groups in total. The average molecular weight is 297 g/mol. The van der Waals surface area contributed by atoms with Crippen LogP contribution in [0.5, 0.6) is 0 Å². The minimum atomic E-state index is 0. The van der Waals surface area contributed by atoms with Gasteiger partial charge in [0.2, 0.25) is 0 Å². The first kappa shape index (κ1) is 14.1. The van der Waals surface area contributed by atoms with Crippen molar-refractivity contribution in [2.75, 3.05) is 18.1 Å². The van der Waals surface area contributed by atoms with Crippen LogP contribution in [0.3, 0.4) is 0 Å². The molecule has 0 amide bonds. The maximum Gasteiger partial charge on any atom is 0.0941 e. The van der Waals surface area contributed by atoms with Crippen molar-refractivity contribution >= 4 is 22.7 Å². The molecule has 1 aromatic rings. The van der Waals surface area contributed by atoms with Crippen LogP contribution in [0.2, 0.25) is 0 Å². The Labute approximate surface area is 115 Å². The zero-order valence-electron chi connectivity index (χ0n) is 11.0. The van der Waals surface area contributed by atoms with Crippen LogP contribution in [0.1, 0.15) is 23.6 Å². The summed E-state index contributed by atoms with van der Waals surface area (Å²) in [4.78, 5) is 4.63. The van der Waals surface area contributed by atoms with Gasteiger partial charge in [-0.1, -0.05) is 17.7 Å². The van der Waals surface area contributed by atoms with Crippen molar-refractivity contribution in [1.82, 2.24) is 4.90 Å². The Morgan fingerprint density at radius 1 is 1.06 bits per heavy atom. The molecule has 94 valence electrons. The van der Waals surface area contributed by atoms with Crippen molar-refractivity contribution in [3.8, 4) is 0 Å². The van der Waals surface area contributed by atoms with E-state index in [-0.39, 0.29) is 17.0 Å². The Kier molecular flexibility index (Phi) is 4.63. The third kappa shape index (κ3) is 2.83. The van der Waals surface area contributed by atoms with Gasteiger partial charge in [-0.15, -0.1) is 17.0 Å². The van der Waals surface area contributed by atoms with Gasteiger partial charge in [0.05, 0.1) is 6.67 Å². The standard InChI is InChI=1S/C14H20N2.BrH/c1-5-15-6-7-16(10-15)14-12(3)8-11(2)9-13(14)4;/h6-9H,5,10H2,1-4H3;1H. The van der Waals surface area contributed by atoms with Crippen molar-refractivity contribution in [3.05, 3.63) is 41.2 Å². The first-order valence-corrected chi connectivity index (χ1v) is 5.88. The fourth-order valence-corrected chi connectivity index (χ4v) is 2.44. The van der Waals surface area contributed by atoms with E-state index in [1.807, 2.05) is 0 Å². The number of anilines is 1. The summed E-state index contributed by atoms with van der Waals surface area (Å²) in [5.74, 6) is 0. The molecule has 1 aromatic carbocycles. The van der Waals surface area contributed by atoms with Gasteiger partial charge < -0.3 is 9.80 Å². The van der Waals surface area contributed by atoms with Gasteiger partial charge >= 0.3 is 0 Å². The van der Waals surface area contributed by atoms with Crippen molar-refractivity contribution in [2.24, 2.45) is 0 Å². The number of hydrogen-bond donors (Lipinski definition) is 0. The molecule has 0 spiro atoms. The molecule has 1 aliphatic rings. The molecule has 17 heavy (non-hydrogen) atoms. The van der Waals surface area contributed by atoms with E-state index in [4.69, 9.17) is 0 Å². The summed E-state index contributed by atoms with van der Waals surface area (Å²) in [5.41, 5.74) is 5.42. The molecule has 1 aliphatic heterocycles. The minimum Gasteiger partial charge on any atom is -0.359 e. The van der Waals surface area contributed by atoms with Gasteiger partial charge in [0.25, 0.3) is 0 Å². The Hall–Kier alpha value is -0.960. The fraction of sp³-hybridized carbons (Fsp3) is 0.429. The average Bonchev–Trinajstić information content (AvgIpc) is 2.64. The molecular weight excluding hydrogens is 276 g/mol. The largest absolute Gasteiger partial charge is 0.359 e. The highest BCUT2D eigenvalue weighted by atomic mass is 79.9. The van der Waals surface area contributed by atoms with E-state index < -0.39 is 0 Å². The molecule has 0 atom stereocenters. The van der Waals surface area contributed by atoms with Crippen LogP contribution in [0.25, 0.3) is 0 Å². The lowest BCUT2D eigenvalue weighted by molar-refractivity contribution is 0.429. The van der Waals surface area contributed by atoms with Crippen LogP contribution in [-0.2, 0) is 0 Å². The van der Waals surface area contributed by atoms with Crippen LogP contribution in [0.15, 0.2) is 24.5 Å². The van der Waals surface area contributed by atoms with Gasteiger partial charge in [0.1, 0.15) is 0 Å². The van der Waals surface area contributed by atoms with Gasteiger partial charge in [-0.2, -0.15) is 0 Å². The topological polar surface area (TPSA) is 6.48 Å². The van der Waals surface area contributed by atoms with Crippen molar-refractivity contribution < 1.29 is 0 Å². The van der Waals surface area contributed by atoms with E-state index in [0.29, 0.717) is 0 Å². The Morgan fingerprint density at radius 2 is 1.65 bits per heavy atom. The Morgan fingerprint density at radius 3 is 2.12 bits per heavy atom. The first-order chi connectivity index (χ1) is 7.61. The number of nitrogens with zero attached hydrogens (tertiary/aromatic N) is 2. The maximum atomic E-state index is 2.33. The summed E-state index contributed by atoms with van der Waals surface area (Å²) in [6, 6.07) is 4.51. The van der Waals surface area contributed by atoms with Crippen LogP contribution in [-0.4, -0.2) is 18.1 Å². The zero-order valence-corrected chi connectivity index (χ0v) is 12.7. The fourth-order valence-electron chi connectivity index (χ4n) is 2.44. The van der Waals surface area contributed by atoms with Crippen LogP contribution < -0.4 is 4.90 Å². The van der Waals surface area contributed by atoms with Gasteiger partial charge in [-0.25, -0.2) is 0 Å². The van der Waals surface area contributed by atoms with Crippen LogP contribution in [0, 0.1) is 20.8 Å². The predicted molar refractivity (Wildman–Crippen MR) is 79.8 cm³/mol. The van der Waals surface area contributed by atoms with Crippen LogP contribution >= 0.6 is 17.0 Å². The molecule has 0 fully saturated rings. The summed E-state index contributed by atoms with van der Waals surface area (Å²) >= 11 is 0. The second kappa shape index (κ2) is 5.58. The zero-order chi connectivity index (χ0) is 11.7. The first-order valence-electron chi connectivity index (χ1n) is 5.88. The highest BCUT2D eigenvalue weighted by Gasteiger charge is 2.16. The number of aryl methyl sites for hydroxylation is 3. The number of hydrogen-bond acceptors (Lipinski definition) is 2. The molecule has 0 saturated carbocycles. The molecule has 3 heteroatoms. The third-order valence-corrected chi connectivity index (χ3v) is 3.12. The lowest BCUT2D eigenvalue weighted by Gasteiger charge is -2.24. The summed E-state index contributed by atoms with van der Waals surface area (Å²) in [5, 5.41) is 0. The molecule has 0 radical (unpaired) electrons. The van der Waals surface area contributed by atoms with E-state index in [2.05, 4.69) is 62.0 Å². The second-order valence-electron chi connectivity index (χ2n) is 4.56. The summed E-state index contributed by atoms with van der Waals surface area (Å²) in [7, 11) is 0. The van der Waals surface area contributed by atoms with Crippen LogP contribution in [0.4, 0.5) is 5.69 Å². The summed E-state index contributed by atoms with van der Waals surface area (Å²) in [6.07, 6.45) is 4.34. The molecule has 0 saturated heterocycles. The quantitative estimate of drug-likeness (QED) is 0.820. The van der Waals surface area contributed by atoms with Crippen molar-refractivity contribution in [2.45, 2.75) is 27.7 Å². The third-order valence-electron chi connectivity index (χ3n) is 3.12. The van der Waals surface area contributed by atoms with E-state index in [1.54, 1.807) is 0 Å². The summed E-state index contributed by atoms with van der Waals surface area (Å²) in [6.45, 7) is 10.8. The lowest BCUT2D eigenvalue weighted by atomic mass is 10.0. The lowest BCUT2D eigenvalue weighted by Crippen LogP contribution is -2.25. The summed E-state index contributed by atoms with van der Waals surface area (Å²) < 4.78 is 0. The van der Waals surface area contributed by atoms with E-state index >= 15 is 0 Å². The Bertz CT molecular complexity index is 403. The molecule has 2 nitrogen and oxygen atoms in total. The van der Waals surface area contributed by atoms with E-state index in [9.17, 15) is 0 Å². The Balaban J connectivity index is 0.00000144. The number of rotatable bonds is 2. The van der Waals surface area contributed by atoms with Gasteiger partial charge in [0, 0.05) is 24.6 Å². The second-order valence-corrected chi connectivity index (χ2v) is 4.56. The SMILES string of the molecule is Br.CCN1C=CN(c2c(C)cc(C)cc2C)C1. The number of benzene rings is 1. The molecule has 0 unspecified atom stereocenters. The number of halogens is 1. The van der Waals surface area contributed by atoms with Gasteiger partial charge in [-0.3, -0.25) is 0 Å². The van der Waals surface area contributed by atoms with E-state index in [0.717, 1.165) is 13.2 Å². The molecule has 0 aliphatic carbocycles. The van der Waals surface area contributed by atoms with Crippen molar-refractivity contribution in [1.29, 1.82) is 0 Å². The highest BCUT2D eigenvalue weighted by Crippen LogP contribution is 2.28. The van der Waals surface area contributed by atoms with E-state index in [1.165, 1.54) is 22.4 Å². The molecule has 0 bridgehead atoms. The molecule has 2 rings (SSSR count). The molecule has 0 aromatic heterocycles. The van der Waals surface area contributed by atoms with Crippen molar-refractivity contribution in [3.63, 3.8) is 0 Å². The highest BCUT2D eigenvalue weighted by molar-refractivity contribution is 8.93. The predicted octanol–water partition coefficient (Wildman–Crippen LogP) is 3.76. The normalized spacial score (nSPS) is 14.1. The van der Waals surface area contributed by atoms with Gasteiger partial charge in [-0.05, 0) is 38.8 Å². The molecular formula is C14H21BrN2. The van der Waals surface area contributed by atoms with Gasteiger partial charge in [0.15, 0.2) is 0 Å². The maximum absolute atomic E-state index is 2.33. The molecule has 1 heterocycles. The smallest absolute Gasteiger partial charge is 0.0941 e. The monoisotopic (exact) mass is 296 g/mol.